The number of aromatic nitrogens is 3. The van der Waals surface area contributed by atoms with Crippen molar-refractivity contribution in [2.45, 2.75) is 30.7 Å². The summed E-state index contributed by atoms with van der Waals surface area (Å²) in [6, 6.07) is 3.76. The van der Waals surface area contributed by atoms with Crippen LogP contribution in [0, 0.1) is 12.8 Å². The molecule has 0 radical (unpaired) electrons. The SMILES string of the molecule is Cc1cncc(S)c1/C=C/C1CC1c1cc(C(=O)NCc2ncccn2)cs1.NC=O. The fourth-order valence-corrected chi connectivity index (χ4v) is 4.50. The lowest BCUT2D eigenvalue weighted by Gasteiger charge is -2.02. The fourth-order valence-electron chi connectivity index (χ4n) is 3.10. The van der Waals surface area contributed by atoms with Gasteiger partial charge in [0.25, 0.3) is 5.91 Å². The molecular weight excluding hydrogens is 430 g/mol. The Balaban J connectivity index is 0.000000858. The second-order valence-electron chi connectivity index (χ2n) is 6.98. The third kappa shape index (κ3) is 6.22. The summed E-state index contributed by atoms with van der Waals surface area (Å²) in [4.78, 5) is 35.5. The number of thiophene rings is 1. The largest absolute Gasteiger partial charge is 0.372 e. The summed E-state index contributed by atoms with van der Waals surface area (Å²) >= 11 is 6.14. The van der Waals surface area contributed by atoms with E-state index in [1.165, 1.54) is 4.88 Å². The molecule has 4 rings (SSSR count). The topological polar surface area (TPSA) is 111 Å². The van der Waals surface area contributed by atoms with Crippen LogP contribution >= 0.6 is 24.0 Å². The van der Waals surface area contributed by atoms with Crippen molar-refractivity contribution in [3.05, 3.63) is 75.8 Å². The van der Waals surface area contributed by atoms with Crippen LogP contribution in [0.1, 0.15) is 44.5 Å². The molecule has 0 bridgehead atoms. The van der Waals surface area contributed by atoms with Crippen molar-refractivity contribution in [1.82, 2.24) is 20.3 Å². The zero-order valence-corrected chi connectivity index (χ0v) is 18.6. The minimum atomic E-state index is -0.0881. The van der Waals surface area contributed by atoms with Gasteiger partial charge in [-0.05, 0) is 42.5 Å². The normalized spacial score (nSPS) is 17.0. The van der Waals surface area contributed by atoms with Gasteiger partial charge in [-0.3, -0.25) is 14.6 Å². The number of thiol groups is 1. The number of nitrogens with one attached hydrogen (secondary N) is 1. The third-order valence-corrected chi connectivity index (χ3v) is 6.21. The molecule has 7 nitrogen and oxygen atoms in total. The van der Waals surface area contributed by atoms with Crippen molar-refractivity contribution in [3.63, 3.8) is 0 Å². The van der Waals surface area contributed by atoms with Crippen molar-refractivity contribution in [2.24, 2.45) is 11.7 Å². The van der Waals surface area contributed by atoms with Crippen LogP contribution in [0.3, 0.4) is 0 Å². The van der Waals surface area contributed by atoms with Crippen LogP contribution in [-0.2, 0) is 11.3 Å². The van der Waals surface area contributed by atoms with E-state index in [2.05, 4.69) is 50.8 Å². The van der Waals surface area contributed by atoms with Gasteiger partial charge < -0.3 is 11.1 Å². The highest BCUT2D eigenvalue weighted by Crippen LogP contribution is 2.50. The number of nitrogens with zero attached hydrogens (tertiary/aromatic N) is 3. The highest BCUT2D eigenvalue weighted by molar-refractivity contribution is 7.80. The molecule has 9 heteroatoms. The molecule has 31 heavy (non-hydrogen) atoms. The monoisotopic (exact) mass is 453 g/mol. The summed E-state index contributed by atoms with van der Waals surface area (Å²) in [6.45, 7) is 2.37. The molecule has 3 N–H and O–H groups in total. The van der Waals surface area contributed by atoms with E-state index < -0.39 is 0 Å². The van der Waals surface area contributed by atoms with Crippen molar-refractivity contribution >= 4 is 42.4 Å². The number of hydrogen-bond acceptors (Lipinski definition) is 7. The van der Waals surface area contributed by atoms with Gasteiger partial charge in [0, 0.05) is 45.9 Å². The van der Waals surface area contributed by atoms with Crippen molar-refractivity contribution < 1.29 is 9.59 Å². The molecule has 0 aromatic carbocycles. The van der Waals surface area contributed by atoms with Crippen LogP contribution in [0.5, 0.6) is 0 Å². The number of primary amides is 1. The predicted octanol–water partition coefficient (Wildman–Crippen LogP) is 3.38. The Morgan fingerprint density at radius 3 is 2.81 bits per heavy atom. The van der Waals surface area contributed by atoms with Crippen molar-refractivity contribution in [3.8, 4) is 0 Å². The second-order valence-corrected chi connectivity index (χ2v) is 8.40. The van der Waals surface area contributed by atoms with E-state index in [1.807, 2.05) is 24.6 Å². The molecule has 1 aliphatic rings. The number of carbonyl (C=O) groups excluding carboxylic acids is 2. The summed E-state index contributed by atoms with van der Waals surface area (Å²) in [5, 5.41) is 4.80. The minimum Gasteiger partial charge on any atom is -0.372 e. The zero-order chi connectivity index (χ0) is 22.2. The van der Waals surface area contributed by atoms with Gasteiger partial charge in [0.15, 0.2) is 0 Å². The van der Waals surface area contributed by atoms with Gasteiger partial charge >= 0.3 is 0 Å². The van der Waals surface area contributed by atoms with Gasteiger partial charge in [-0.15, -0.1) is 24.0 Å². The average Bonchev–Trinajstić information content (AvgIpc) is 3.37. The molecule has 2 atom stereocenters. The van der Waals surface area contributed by atoms with Crippen LogP contribution in [0.25, 0.3) is 6.08 Å². The Morgan fingerprint density at radius 1 is 1.35 bits per heavy atom. The van der Waals surface area contributed by atoms with E-state index in [0.717, 1.165) is 22.4 Å². The van der Waals surface area contributed by atoms with Crippen molar-refractivity contribution in [1.29, 1.82) is 0 Å². The molecule has 2 amide bonds. The molecular formula is C22H23N5O2S2. The lowest BCUT2D eigenvalue weighted by atomic mass is 10.1. The number of aryl methyl sites for hydroxylation is 1. The van der Waals surface area contributed by atoms with Gasteiger partial charge in [-0.2, -0.15) is 0 Å². The molecule has 1 aliphatic carbocycles. The summed E-state index contributed by atoms with van der Waals surface area (Å²) in [7, 11) is 0. The first-order valence-corrected chi connectivity index (χ1v) is 11.0. The molecule has 1 fully saturated rings. The highest BCUT2D eigenvalue weighted by Gasteiger charge is 2.37. The molecule has 3 aromatic rings. The lowest BCUT2D eigenvalue weighted by Crippen LogP contribution is -2.23. The maximum Gasteiger partial charge on any atom is 0.252 e. The van der Waals surface area contributed by atoms with E-state index in [-0.39, 0.29) is 12.3 Å². The Bertz CT molecular complexity index is 1050. The Kier molecular flexibility index (Phi) is 7.91. The molecule has 3 aromatic heterocycles. The van der Waals surface area contributed by atoms with Crippen molar-refractivity contribution in [2.75, 3.05) is 0 Å². The number of nitrogens with two attached hydrogens (primary N) is 1. The number of carbonyl (C=O) groups is 2. The Labute approximate surface area is 190 Å². The second kappa shape index (κ2) is 10.8. The van der Waals surface area contributed by atoms with Crippen LogP contribution in [0.15, 0.2) is 53.3 Å². The fraction of sp³-hybridized carbons (Fsp3) is 0.227. The third-order valence-electron chi connectivity index (χ3n) is 4.79. The standard InChI is InChI=1S/C21H20N4OS2.CH3NO/c1-13-9-22-10-18(27)16(13)4-3-14-7-17(14)19-8-15(12-28-19)21(26)25-11-20-23-5-2-6-24-20;2-1-3/h2-6,8-10,12,14,17,27H,7,11H2,1H3,(H,25,26);1H,(H2,2,3)/b4-3+;. The summed E-state index contributed by atoms with van der Waals surface area (Å²) in [5.41, 5.74) is 7.12. The number of hydrogen-bond donors (Lipinski definition) is 3. The van der Waals surface area contributed by atoms with Crippen LogP contribution in [0.2, 0.25) is 0 Å². The maximum absolute atomic E-state index is 12.4. The average molecular weight is 454 g/mol. The van der Waals surface area contributed by atoms with Crippen LogP contribution < -0.4 is 11.1 Å². The van der Waals surface area contributed by atoms with Gasteiger partial charge in [-0.25, -0.2) is 9.97 Å². The quantitative estimate of drug-likeness (QED) is 0.391. The van der Waals surface area contributed by atoms with Crippen LogP contribution in [0.4, 0.5) is 0 Å². The van der Waals surface area contributed by atoms with Gasteiger partial charge in [0.2, 0.25) is 6.41 Å². The molecule has 0 spiro atoms. The minimum absolute atomic E-state index is 0.0881. The zero-order valence-electron chi connectivity index (χ0n) is 16.9. The first kappa shape index (κ1) is 22.6. The summed E-state index contributed by atoms with van der Waals surface area (Å²) in [5.74, 6) is 1.52. The predicted molar refractivity (Wildman–Crippen MR) is 124 cm³/mol. The van der Waals surface area contributed by atoms with Gasteiger partial charge in [-0.1, -0.05) is 12.2 Å². The smallest absolute Gasteiger partial charge is 0.252 e. The number of allylic oxidation sites excluding steroid dienone is 1. The van der Waals surface area contributed by atoms with E-state index in [9.17, 15) is 4.79 Å². The molecule has 0 aliphatic heterocycles. The number of amides is 2. The van der Waals surface area contributed by atoms with E-state index in [4.69, 9.17) is 4.79 Å². The molecule has 0 saturated heterocycles. The van der Waals surface area contributed by atoms with E-state index in [0.29, 0.717) is 29.8 Å². The first-order valence-electron chi connectivity index (χ1n) is 9.63. The highest BCUT2D eigenvalue weighted by atomic mass is 32.1. The molecule has 3 heterocycles. The first-order chi connectivity index (χ1) is 15.0. The van der Waals surface area contributed by atoms with Gasteiger partial charge in [0.1, 0.15) is 5.82 Å². The summed E-state index contributed by atoms with van der Waals surface area (Å²) in [6.07, 6.45) is 12.7. The van der Waals surface area contributed by atoms with Crippen LogP contribution in [-0.4, -0.2) is 27.3 Å². The lowest BCUT2D eigenvalue weighted by molar-refractivity contribution is -0.106. The maximum atomic E-state index is 12.4. The molecule has 2 unspecified atom stereocenters. The Hall–Kier alpha value is -3.04. The van der Waals surface area contributed by atoms with Gasteiger partial charge in [0.05, 0.1) is 12.1 Å². The molecule has 1 saturated carbocycles. The molecule has 160 valence electrons. The number of rotatable bonds is 6. The summed E-state index contributed by atoms with van der Waals surface area (Å²) < 4.78 is 0. The van der Waals surface area contributed by atoms with E-state index >= 15 is 0 Å². The Morgan fingerprint density at radius 2 is 2.10 bits per heavy atom. The van der Waals surface area contributed by atoms with E-state index in [1.54, 1.807) is 36.0 Å². The number of pyridine rings is 1.